The van der Waals surface area contributed by atoms with Gasteiger partial charge >= 0.3 is 6.18 Å². The summed E-state index contributed by atoms with van der Waals surface area (Å²) in [5, 5.41) is 78.1. The summed E-state index contributed by atoms with van der Waals surface area (Å²) in [6, 6.07) is 18.3. The Hall–Kier alpha value is -9.42. The molecule has 34 rings (SSSR count). The van der Waals surface area contributed by atoms with Crippen LogP contribution in [-0.2, 0) is 17.0 Å². The molecule has 0 aliphatic heterocycles. The van der Waals surface area contributed by atoms with Gasteiger partial charge in [-0.3, -0.25) is 4.99 Å². The molecule has 0 N–H and O–H groups in total. The van der Waals surface area contributed by atoms with E-state index in [1.807, 2.05) is 12.1 Å². The van der Waals surface area contributed by atoms with Crippen molar-refractivity contribution in [1.82, 2.24) is 0 Å². The van der Waals surface area contributed by atoms with Crippen molar-refractivity contribution in [2.45, 2.75) is 36.6 Å². The van der Waals surface area contributed by atoms with Gasteiger partial charge in [0.2, 0.25) is 0 Å². The van der Waals surface area contributed by atoms with Crippen LogP contribution in [0.5, 0.6) is 0 Å². The Morgan fingerprint density at radius 2 is 0.566 bits per heavy atom. The van der Waals surface area contributed by atoms with Gasteiger partial charge in [-0.2, -0.15) is 13.2 Å². The van der Waals surface area contributed by atoms with Gasteiger partial charge in [0.15, 0.2) is 0 Å². The zero-order chi connectivity index (χ0) is 51.6. The third-order valence-corrected chi connectivity index (χ3v) is 28.1. The Kier molecular flexibility index (Phi) is 3.48. The number of hydrogen-bond acceptors (Lipinski definition) is 1. The summed E-state index contributed by atoms with van der Waals surface area (Å²) in [6.07, 6.45) is -3.70. The largest absolute Gasteiger partial charge is 0.416 e. The molecule has 0 radical (unpaired) electrons. The Labute approximate surface area is 456 Å². The number of benzene rings is 19. The second-order valence-corrected chi connectivity index (χ2v) is 35.4. The number of hydrogen-bond donors (Lipinski definition) is 0. The maximum absolute atomic E-state index is 15.4. The van der Waals surface area contributed by atoms with E-state index >= 15 is 13.2 Å². The molecule has 1 nitrogen and oxygen atoms in total. The van der Waals surface area contributed by atoms with Crippen molar-refractivity contribution in [2.24, 2.45) is 4.99 Å². The Morgan fingerprint density at radius 3 is 0.904 bits per heavy atom. The molecule has 0 aromatic heterocycles. The highest BCUT2D eigenvalue weighted by Gasteiger charge is 2.68. The van der Waals surface area contributed by atoms with Crippen molar-refractivity contribution in [2.75, 3.05) is 6.17 Å². The molecule has 2 atom stereocenters. The Bertz CT molecular complexity index is 8160. The van der Waals surface area contributed by atoms with Gasteiger partial charge in [0.1, 0.15) is 0 Å². The lowest BCUT2D eigenvalue weighted by Crippen LogP contribution is -2.48. The SMILES string of the molecule is C[Si](C)(C)C/N=C(\c1ccccc1)C12c3c4c5c6c7c8c9c%10c(c1c1c%11c2c2c%12c3c5c3c5c%12c%12c2c2c%11c%11c%13c1c%10c1c%10c9c9c7c7c6c3c3c5c5c%12c6c2c%11c2c(c%131)c1c%10c9c9c7c3c3c9c1c2c6c53)C48c1ccc(C(F)(F)F)cc1. The van der Waals surface area contributed by atoms with Crippen molar-refractivity contribution in [1.29, 1.82) is 0 Å². The molecule has 0 saturated carbocycles. The van der Waals surface area contributed by atoms with Gasteiger partial charge in [-0.1, -0.05) is 62.1 Å². The van der Waals surface area contributed by atoms with Crippen molar-refractivity contribution in [3.63, 3.8) is 0 Å². The summed E-state index contributed by atoms with van der Waals surface area (Å²) in [4.78, 5) is 6.41. The van der Waals surface area contributed by atoms with Crippen LogP contribution in [0.1, 0.15) is 50.1 Å². The van der Waals surface area contributed by atoms with Gasteiger partial charge in [0.05, 0.1) is 30.2 Å². The van der Waals surface area contributed by atoms with Gasteiger partial charge < -0.3 is 0 Å². The normalized spacial score (nSPS) is 20.9. The molecule has 83 heavy (non-hydrogen) atoms. The topological polar surface area (TPSA) is 12.4 Å². The minimum Gasteiger partial charge on any atom is -0.291 e. The predicted octanol–water partition coefficient (Wildman–Crippen LogP) is 21.4. The first kappa shape index (κ1) is 34.8. The molecule has 362 valence electrons. The van der Waals surface area contributed by atoms with Gasteiger partial charge in [0.25, 0.3) is 0 Å². The van der Waals surface area contributed by atoms with Crippen molar-refractivity contribution in [3.8, 4) is 0 Å². The summed E-state index contributed by atoms with van der Waals surface area (Å²) in [7, 11) is -1.88. The van der Waals surface area contributed by atoms with Crippen LogP contribution in [-0.4, -0.2) is 20.0 Å². The summed E-state index contributed by atoms with van der Waals surface area (Å²) in [6.45, 7) is 7.46. The number of rotatable bonds is 5. The first-order valence-corrected chi connectivity index (χ1v) is 33.9. The minimum atomic E-state index is -4.48. The smallest absolute Gasteiger partial charge is 0.291 e. The Balaban J connectivity index is 1.08. The fourth-order valence-electron chi connectivity index (χ4n) is 26.3. The lowest BCUT2D eigenvalue weighted by molar-refractivity contribution is -0.137. The van der Waals surface area contributed by atoms with Crippen LogP contribution in [0, 0.1) is 0 Å². The summed E-state index contributed by atoms with van der Waals surface area (Å²) >= 11 is 0. The fraction of sp³-hybridized carbons (Fsp3) is 0.0897. The highest BCUT2D eigenvalue weighted by molar-refractivity contribution is 6.82. The van der Waals surface area contributed by atoms with Gasteiger partial charge in [-0.25, -0.2) is 0 Å². The molecule has 2 unspecified atom stereocenters. The molecule has 29 aromatic carbocycles. The van der Waals surface area contributed by atoms with E-state index in [2.05, 4.69) is 50.0 Å². The molecule has 0 heterocycles. The van der Waals surface area contributed by atoms with Crippen LogP contribution in [0.3, 0.4) is 0 Å². The highest BCUT2D eigenvalue weighted by atomic mass is 28.3. The fourth-order valence-corrected chi connectivity index (χ4v) is 26.9. The lowest BCUT2D eigenvalue weighted by atomic mass is 9.50. The molecule has 5 aliphatic rings. The van der Waals surface area contributed by atoms with Crippen molar-refractivity contribution < 1.29 is 13.2 Å². The van der Waals surface area contributed by atoms with E-state index in [0.717, 1.165) is 11.7 Å². The first-order chi connectivity index (χ1) is 40.6. The zero-order valence-electron chi connectivity index (χ0n) is 43.5. The molecular weight excluding hydrogens is 1040 g/mol. The third kappa shape index (κ3) is 2.17. The van der Waals surface area contributed by atoms with Crippen LogP contribution in [0.15, 0.2) is 59.6 Å². The Morgan fingerprint density at radius 1 is 0.313 bits per heavy atom. The van der Waals surface area contributed by atoms with Gasteiger partial charge in [-0.05, 0) is 337 Å². The second-order valence-electron chi connectivity index (χ2n) is 29.9. The summed E-state index contributed by atoms with van der Waals surface area (Å²) in [5.74, 6) is 0. The van der Waals surface area contributed by atoms with Crippen LogP contribution in [0.4, 0.5) is 13.2 Å². The van der Waals surface area contributed by atoms with E-state index in [1.54, 1.807) is 64.6 Å². The number of nitrogens with zero attached hydrogens (tertiary/aromatic N) is 1. The number of alkyl halides is 3. The lowest BCUT2D eigenvalue weighted by Gasteiger charge is -2.50. The maximum atomic E-state index is 15.4. The van der Waals surface area contributed by atoms with E-state index in [4.69, 9.17) is 4.99 Å². The van der Waals surface area contributed by atoms with Gasteiger partial charge in [0, 0.05) is 6.17 Å². The predicted molar refractivity (Wildman–Crippen MR) is 344 cm³/mol. The van der Waals surface area contributed by atoms with Crippen molar-refractivity contribution >= 4 is 294 Å². The van der Waals surface area contributed by atoms with E-state index in [0.29, 0.717) is 0 Å². The highest BCUT2D eigenvalue weighted by Crippen LogP contribution is 2.85. The summed E-state index contributed by atoms with van der Waals surface area (Å²) in [5.41, 5.74) is 9.51. The maximum Gasteiger partial charge on any atom is 0.416 e. The first-order valence-electron chi connectivity index (χ1n) is 30.2. The molecule has 0 spiro atoms. The van der Waals surface area contributed by atoms with Crippen molar-refractivity contribution in [3.05, 3.63) is 105 Å². The van der Waals surface area contributed by atoms with E-state index in [9.17, 15) is 0 Å². The molecule has 0 amide bonds. The minimum absolute atomic E-state index is 0.581. The molecule has 0 saturated heterocycles. The van der Waals surface area contributed by atoms with E-state index in [-0.39, 0.29) is 0 Å². The van der Waals surface area contributed by atoms with Crippen LogP contribution >= 0.6 is 0 Å². The number of halogens is 3. The molecule has 29 aromatic rings. The van der Waals surface area contributed by atoms with Crippen LogP contribution in [0.2, 0.25) is 19.6 Å². The van der Waals surface area contributed by atoms with Crippen LogP contribution < -0.4 is 0 Å². The summed E-state index contributed by atoms with van der Waals surface area (Å²) < 4.78 is 46.1. The zero-order valence-corrected chi connectivity index (χ0v) is 44.5. The quantitative estimate of drug-likeness (QED) is 0.0925. The molecular formula is C78H20F3NSi. The monoisotopic (exact) mass is 1060 g/mol. The average molecular weight is 1060 g/mol. The molecule has 0 bridgehead atoms. The number of aliphatic imine (C=N–C) groups is 1. The van der Waals surface area contributed by atoms with E-state index < -0.39 is 30.6 Å². The average Bonchev–Trinajstić information content (AvgIpc) is 1.40. The molecule has 5 heteroatoms. The van der Waals surface area contributed by atoms with E-state index in [1.165, 1.54) is 272 Å². The second kappa shape index (κ2) is 8.31. The standard InChI is InChI=1S/C78H20F3NSi/c1-83(2,3)13-82-75(14-7-5-4-6-8-14)77-70-62-53-46-33-26-20-19-21-17-18-22(20)31(33)37-35-24(18)27-23(17)34-36-30(21)32-25(19)28-29(26)40-47-39(28)48-45(32)52-50(36)54-41(34)43-38(27)44-42(35)55(51(37)53)66(70)68-57(44)56(43)67-65(54)69-61(52)58(48)63-60(47)64(59(62)49(40)46)73(77)71(63)76(69,72(67)74(68)77)15-9-11-16(12-10-15)78(79,80)81/h4-12H,13H2,1-3H3/b82-75+. The third-order valence-electron chi connectivity index (χ3n) is 27.0. The molecule has 5 aliphatic carbocycles. The molecule has 0 fully saturated rings. The van der Waals surface area contributed by atoms with Crippen LogP contribution in [0.25, 0.3) is 280 Å². The van der Waals surface area contributed by atoms with Gasteiger partial charge in [-0.15, -0.1) is 0 Å².